The minimum absolute atomic E-state index is 0.00724. The number of hydrogen-bond acceptors (Lipinski definition) is 6. The van der Waals surface area contributed by atoms with Gasteiger partial charge in [0.2, 0.25) is 5.91 Å². The van der Waals surface area contributed by atoms with E-state index in [2.05, 4.69) is 15.4 Å². The smallest absolute Gasteiger partial charge is 0.244 e. The van der Waals surface area contributed by atoms with Crippen LogP contribution < -0.4 is 0 Å². The monoisotopic (exact) mass is 358 g/mol. The van der Waals surface area contributed by atoms with Gasteiger partial charge in [-0.05, 0) is 27.2 Å². The number of ketones is 1. The fourth-order valence-corrected chi connectivity index (χ4v) is 3.99. The Hall–Kier alpha value is -2.55. The average molecular weight is 358 g/mol. The molecule has 9 heteroatoms. The quantitative estimate of drug-likeness (QED) is 0.748. The molecule has 9 nitrogen and oxygen atoms in total. The lowest BCUT2D eigenvalue weighted by Crippen LogP contribution is -2.50. The number of ether oxygens (including phenoxy) is 1. The number of Topliss-reactive ketones (excluding diaryl/α,β-unsaturated/α-hetero) is 1. The Balaban J connectivity index is 1.50. The Morgan fingerprint density at radius 2 is 2.15 bits per heavy atom. The van der Waals surface area contributed by atoms with Crippen molar-refractivity contribution >= 4 is 11.7 Å². The van der Waals surface area contributed by atoms with Crippen molar-refractivity contribution in [1.29, 1.82) is 0 Å². The number of carbonyl (C=O) groups is 2. The second-order valence-electron chi connectivity index (χ2n) is 6.97. The van der Waals surface area contributed by atoms with E-state index in [1.165, 1.54) is 6.92 Å². The summed E-state index contributed by atoms with van der Waals surface area (Å²) < 4.78 is 9.39. The number of aromatic nitrogens is 5. The third-order valence-corrected chi connectivity index (χ3v) is 5.30. The molecule has 1 fully saturated rings. The SMILES string of the molecule is CC(=O)c1c(C)nn(CC(=O)N2CC[C@H]3OCc4cnnn4[C@H]3C2)c1C. The van der Waals surface area contributed by atoms with E-state index in [0.717, 1.165) is 17.8 Å². The third kappa shape index (κ3) is 2.72. The van der Waals surface area contributed by atoms with Crippen molar-refractivity contribution in [3.8, 4) is 0 Å². The molecule has 138 valence electrons. The zero-order valence-electron chi connectivity index (χ0n) is 15.2. The van der Waals surface area contributed by atoms with E-state index in [-0.39, 0.29) is 30.4 Å². The number of aryl methyl sites for hydroxylation is 1. The maximum absolute atomic E-state index is 12.8. The molecule has 0 aromatic carbocycles. The second kappa shape index (κ2) is 6.31. The molecule has 2 aromatic rings. The van der Waals surface area contributed by atoms with E-state index in [9.17, 15) is 9.59 Å². The summed E-state index contributed by atoms with van der Waals surface area (Å²) in [4.78, 5) is 26.4. The van der Waals surface area contributed by atoms with Crippen molar-refractivity contribution in [2.75, 3.05) is 13.1 Å². The fraction of sp³-hybridized carbons (Fsp3) is 0.588. The van der Waals surface area contributed by atoms with Crippen LogP contribution in [0, 0.1) is 13.8 Å². The lowest BCUT2D eigenvalue weighted by molar-refractivity contribution is -0.138. The van der Waals surface area contributed by atoms with Crippen molar-refractivity contribution in [2.24, 2.45) is 0 Å². The number of nitrogens with zero attached hydrogens (tertiary/aromatic N) is 6. The molecule has 2 aromatic heterocycles. The molecule has 0 bridgehead atoms. The van der Waals surface area contributed by atoms with E-state index < -0.39 is 0 Å². The minimum atomic E-state index is -0.0300. The molecule has 1 amide bonds. The normalized spacial score (nSPS) is 22.0. The third-order valence-electron chi connectivity index (χ3n) is 5.30. The highest BCUT2D eigenvalue weighted by Gasteiger charge is 2.38. The summed E-state index contributed by atoms with van der Waals surface area (Å²) >= 11 is 0. The van der Waals surface area contributed by atoms with Gasteiger partial charge >= 0.3 is 0 Å². The average Bonchev–Trinajstić information content (AvgIpc) is 3.19. The van der Waals surface area contributed by atoms with E-state index >= 15 is 0 Å². The first kappa shape index (κ1) is 16.9. The molecule has 0 unspecified atom stereocenters. The summed E-state index contributed by atoms with van der Waals surface area (Å²) in [6, 6.07) is -0.00724. The second-order valence-corrected chi connectivity index (χ2v) is 6.97. The first-order valence-electron chi connectivity index (χ1n) is 8.79. The molecule has 26 heavy (non-hydrogen) atoms. The van der Waals surface area contributed by atoms with Gasteiger partial charge in [-0.25, -0.2) is 4.68 Å². The van der Waals surface area contributed by atoms with E-state index in [1.807, 2.05) is 16.5 Å². The van der Waals surface area contributed by atoms with Crippen LogP contribution in [0.5, 0.6) is 0 Å². The molecule has 0 N–H and O–H groups in total. The van der Waals surface area contributed by atoms with Gasteiger partial charge in [-0.1, -0.05) is 5.21 Å². The number of rotatable bonds is 3. The zero-order chi connectivity index (χ0) is 18.4. The molecule has 4 heterocycles. The van der Waals surface area contributed by atoms with Crippen LogP contribution in [0.3, 0.4) is 0 Å². The summed E-state index contributed by atoms with van der Waals surface area (Å²) in [5.41, 5.74) is 2.93. The Morgan fingerprint density at radius 3 is 2.88 bits per heavy atom. The van der Waals surface area contributed by atoms with Gasteiger partial charge in [-0.15, -0.1) is 5.10 Å². The Morgan fingerprint density at radius 1 is 1.35 bits per heavy atom. The highest BCUT2D eigenvalue weighted by Crippen LogP contribution is 2.30. The van der Waals surface area contributed by atoms with Gasteiger partial charge in [0.15, 0.2) is 5.78 Å². The number of piperidine rings is 1. The van der Waals surface area contributed by atoms with Crippen molar-refractivity contribution in [2.45, 2.75) is 52.5 Å². The molecule has 0 aliphatic carbocycles. The Labute approximate surface area is 150 Å². The van der Waals surface area contributed by atoms with Crippen LogP contribution in [0.1, 0.15) is 46.8 Å². The highest BCUT2D eigenvalue weighted by molar-refractivity contribution is 5.96. The van der Waals surface area contributed by atoms with Gasteiger partial charge in [0.1, 0.15) is 6.54 Å². The molecule has 0 radical (unpaired) electrons. The Bertz CT molecular complexity index is 870. The molecular weight excluding hydrogens is 336 g/mol. The van der Waals surface area contributed by atoms with Crippen molar-refractivity contribution in [1.82, 2.24) is 29.7 Å². The van der Waals surface area contributed by atoms with Crippen LogP contribution >= 0.6 is 0 Å². The molecule has 0 spiro atoms. The maximum Gasteiger partial charge on any atom is 0.244 e. The van der Waals surface area contributed by atoms with Crippen LogP contribution in [0.25, 0.3) is 0 Å². The van der Waals surface area contributed by atoms with E-state index in [0.29, 0.717) is 31.0 Å². The maximum atomic E-state index is 12.8. The number of hydrogen-bond donors (Lipinski definition) is 0. The summed E-state index contributed by atoms with van der Waals surface area (Å²) in [6.45, 7) is 6.97. The standard InChI is InChI=1S/C17H22N6O3/c1-10-17(12(3)24)11(2)22(19-10)8-16(25)21-5-4-15-14(7-21)23-13(9-26-15)6-18-20-23/h6,14-15H,4-5,7-9H2,1-3H3/t14-,15+/m0/s1. The van der Waals surface area contributed by atoms with Gasteiger partial charge in [0, 0.05) is 18.8 Å². The molecule has 1 saturated heterocycles. The predicted molar refractivity (Wildman–Crippen MR) is 90.5 cm³/mol. The lowest BCUT2D eigenvalue weighted by atomic mass is 10.0. The van der Waals surface area contributed by atoms with Crippen LogP contribution in [0.4, 0.5) is 0 Å². The van der Waals surface area contributed by atoms with Crippen molar-refractivity contribution in [3.63, 3.8) is 0 Å². The van der Waals surface area contributed by atoms with Crippen LogP contribution in [0.2, 0.25) is 0 Å². The van der Waals surface area contributed by atoms with Gasteiger partial charge in [-0.3, -0.25) is 14.3 Å². The first-order chi connectivity index (χ1) is 12.5. The zero-order valence-corrected chi connectivity index (χ0v) is 15.2. The van der Waals surface area contributed by atoms with Gasteiger partial charge in [0.05, 0.1) is 41.9 Å². The fourth-order valence-electron chi connectivity index (χ4n) is 3.99. The summed E-state index contributed by atoms with van der Waals surface area (Å²) in [5, 5.41) is 12.5. The summed E-state index contributed by atoms with van der Waals surface area (Å²) in [6.07, 6.45) is 2.54. The molecule has 2 aliphatic rings. The van der Waals surface area contributed by atoms with Gasteiger partial charge in [-0.2, -0.15) is 5.10 Å². The highest BCUT2D eigenvalue weighted by atomic mass is 16.5. The largest absolute Gasteiger partial charge is 0.370 e. The number of amides is 1. The van der Waals surface area contributed by atoms with Gasteiger partial charge < -0.3 is 9.64 Å². The number of carbonyl (C=O) groups excluding carboxylic acids is 2. The molecule has 4 rings (SSSR count). The lowest BCUT2D eigenvalue weighted by Gasteiger charge is -2.41. The molecule has 2 aliphatic heterocycles. The Kier molecular flexibility index (Phi) is 4.10. The predicted octanol–water partition coefficient (Wildman–Crippen LogP) is 0.666. The minimum Gasteiger partial charge on any atom is -0.370 e. The molecule has 2 atom stereocenters. The van der Waals surface area contributed by atoms with E-state index in [1.54, 1.807) is 17.8 Å². The molecule has 0 saturated carbocycles. The molecular formula is C17H22N6O3. The van der Waals surface area contributed by atoms with Crippen molar-refractivity contribution < 1.29 is 14.3 Å². The number of likely N-dealkylation sites (tertiary alicyclic amines) is 1. The van der Waals surface area contributed by atoms with Crippen LogP contribution in [-0.4, -0.2) is 60.6 Å². The summed E-state index contributed by atoms with van der Waals surface area (Å²) in [5.74, 6) is -0.0472. The number of fused-ring (bicyclic) bond motifs is 3. The van der Waals surface area contributed by atoms with E-state index in [4.69, 9.17) is 4.74 Å². The van der Waals surface area contributed by atoms with Crippen LogP contribution in [-0.2, 0) is 22.7 Å². The van der Waals surface area contributed by atoms with Crippen LogP contribution in [0.15, 0.2) is 6.20 Å². The summed E-state index contributed by atoms with van der Waals surface area (Å²) in [7, 11) is 0. The topological polar surface area (TPSA) is 95.1 Å². The van der Waals surface area contributed by atoms with Gasteiger partial charge in [0.25, 0.3) is 0 Å². The first-order valence-corrected chi connectivity index (χ1v) is 8.79. The van der Waals surface area contributed by atoms with Crippen molar-refractivity contribution in [3.05, 3.63) is 28.8 Å².